The van der Waals surface area contributed by atoms with E-state index >= 15 is 0 Å². The number of rotatable bonds is 10. The Bertz CT molecular complexity index is 1480. The van der Waals surface area contributed by atoms with Crippen LogP contribution in [0.3, 0.4) is 0 Å². The number of hydrogen-bond acceptors (Lipinski definition) is 7. The Balaban J connectivity index is 1.75. The zero-order chi connectivity index (χ0) is 26.7. The van der Waals surface area contributed by atoms with Gasteiger partial charge in [0.15, 0.2) is 0 Å². The molecule has 198 valence electrons. The number of aryl methyl sites for hydroxylation is 2. The zero-order valence-electron chi connectivity index (χ0n) is 21.7. The van der Waals surface area contributed by atoms with Gasteiger partial charge in [-0.15, -0.1) is 0 Å². The summed E-state index contributed by atoms with van der Waals surface area (Å²) in [6.45, 7) is 7.36. The summed E-state index contributed by atoms with van der Waals surface area (Å²) in [4.78, 5) is 2.12. The first-order chi connectivity index (χ1) is 17.7. The number of fused-ring (bicyclic) bond motifs is 2. The molecular formula is C27H32N2O6SSe. The summed E-state index contributed by atoms with van der Waals surface area (Å²) in [6.07, 6.45) is 5.27. The van der Waals surface area contributed by atoms with Crippen LogP contribution in [0.4, 0.5) is 5.69 Å². The monoisotopic (exact) mass is 592 g/mol. The van der Waals surface area contributed by atoms with Crippen molar-refractivity contribution in [2.75, 3.05) is 31.4 Å². The van der Waals surface area contributed by atoms with Gasteiger partial charge < -0.3 is 0 Å². The van der Waals surface area contributed by atoms with Crippen LogP contribution < -0.4 is 23.7 Å². The van der Waals surface area contributed by atoms with Gasteiger partial charge in [-0.2, -0.15) is 0 Å². The summed E-state index contributed by atoms with van der Waals surface area (Å²) in [5.41, 5.74) is 4.11. The van der Waals surface area contributed by atoms with Crippen LogP contribution in [0.2, 0.25) is 0 Å². The van der Waals surface area contributed by atoms with Crippen molar-refractivity contribution in [3.05, 3.63) is 58.0 Å². The van der Waals surface area contributed by atoms with Crippen molar-refractivity contribution in [2.24, 2.45) is 0 Å². The number of methoxy groups -OCH3 is 2. The summed E-state index contributed by atoms with van der Waals surface area (Å²) in [5, 5.41) is 0. The van der Waals surface area contributed by atoms with Crippen LogP contribution in [0.15, 0.2) is 47.9 Å². The summed E-state index contributed by atoms with van der Waals surface area (Å²) in [7, 11) is -0.960. The molecule has 0 amide bonds. The minimum atomic E-state index is -4.27. The molecule has 0 atom stereocenters. The van der Waals surface area contributed by atoms with Gasteiger partial charge in [0.25, 0.3) is 0 Å². The van der Waals surface area contributed by atoms with E-state index in [0.29, 0.717) is 6.54 Å². The van der Waals surface area contributed by atoms with Gasteiger partial charge in [-0.1, -0.05) is 0 Å². The van der Waals surface area contributed by atoms with E-state index < -0.39 is 10.1 Å². The second-order valence-corrected chi connectivity index (χ2v) is 12.5. The van der Waals surface area contributed by atoms with Crippen LogP contribution >= 0.6 is 0 Å². The molecule has 1 aromatic heterocycles. The van der Waals surface area contributed by atoms with Crippen LogP contribution in [0, 0.1) is 6.92 Å². The van der Waals surface area contributed by atoms with Crippen LogP contribution in [-0.4, -0.2) is 54.0 Å². The number of hydrogen-bond donors (Lipinski definition) is 0. The molecule has 0 saturated carbocycles. The van der Waals surface area contributed by atoms with Gasteiger partial charge >= 0.3 is 225 Å². The third-order valence-corrected chi connectivity index (χ3v) is 9.39. The fourth-order valence-corrected chi connectivity index (χ4v) is 7.34. The molecule has 4 rings (SSSR count). The number of benzene rings is 2. The second kappa shape index (κ2) is 11.3. The van der Waals surface area contributed by atoms with Crippen molar-refractivity contribution in [1.29, 1.82) is 0 Å². The van der Waals surface area contributed by atoms with Gasteiger partial charge in [0.2, 0.25) is 0 Å². The van der Waals surface area contributed by atoms with Crippen molar-refractivity contribution in [3.63, 3.8) is 0 Å². The number of anilines is 1. The Morgan fingerprint density at radius 1 is 1.19 bits per heavy atom. The maximum atomic E-state index is 11.2. The first-order valence-corrected chi connectivity index (χ1v) is 15.5. The molecule has 8 nitrogen and oxygen atoms in total. The summed E-state index contributed by atoms with van der Waals surface area (Å²) in [6, 6.07) is 9.92. The Morgan fingerprint density at radius 2 is 1.97 bits per heavy atom. The van der Waals surface area contributed by atoms with Crippen LogP contribution in [0.5, 0.6) is 17.2 Å². The number of ether oxygens (including phenoxy) is 3. The number of nitrogens with zero attached hydrogens (tertiary/aromatic N) is 2. The fourth-order valence-electron chi connectivity index (χ4n) is 4.40. The fraction of sp³-hybridized carbons (Fsp3) is 0.370. The van der Waals surface area contributed by atoms with E-state index in [2.05, 4.69) is 47.6 Å². The third-order valence-electron chi connectivity index (χ3n) is 6.30. The average molecular weight is 592 g/mol. The van der Waals surface area contributed by atoms with E-state index in [4.69, 9.17) is 14.2 Å². The Hall–Kier alpha value is -2.78. The molecule has 37 heavy (non-hydrogen) atoms. The van der Waals surface area contributed by atoms with E-state index in [1.807, 2.05) is 25.1 Å². The molecule has 1 aliphatic rings. The van der Waals surface area contributed by atoms with Gasteiger partial charge in [-0.25, -0.2) is 0 Å². The minimum absolute atomic E-state index is 0.0110. The van der Waals surface area contributed by atoms with E-state index in [0.717, 1.165) is 63.0 Å². The molecule has 0 unspecified atom stereocenters. The molecule has 2 heterocycles. The number of allylic oxidation sites excluding steroid dienone is 2. The maximum absolute atomic E-state index is 11.2. The Morgan fingerprint density at radius 3 is 2.62 bits per heavy atom. The van der Waals surface area contributed by atoms with Crippen LogP contribution in [-0.2, 0) is 16.7 Å². The van der Waals surface area contributed by atoms with E-state index in [1.54, 1.807) is 14.2 Å². The molecule has 1 aliphatic heterocycles. The molecule has 0 saturated heterocycles. The molecule has 0 N–H and O–H groups in total. The Kier molecular flexibility index (Phi) is 8.33. The summed E-state index contributed by atoms with van der Waals surface area (Å²) >= 11 is -0.0110. The second-order valence-electron chi connectivity index (χ2n) is 8.73. The molecule has 10 heteroatoms. The van der Waals surface area contributed by atoms with Gasteiger partial charge in [-0.3, -0.25) is 0 Å². The predicted octanol–water partition coefficient (Wildman–Crippen LogP) is 4.00. The molecule has 0 aliphatic carbocycles. The third kappa shape index (κ3) is 6.04. The van der Waals surface area contributed by atoms with Crippen molar-refractivity contribution < 1.29 is 31.7 Å². The topological polar surface area (TPSA) is 92.0 Å². The molecule has 2 aromatic carbocycles. The predicted molar refractivity (Wildman–Crippen MR) is 145 cm³/mol. The van der Waals surface area contributed by atoms with Gasteiger partial charge in [-0.05, 0) is 0 Å². The first-order valence-electron chi connectivity index (χ1n) is 12.2. The van der Waals surface area contributed by atoms with Crippen molar-refractivity contribution in [2.45, 2.75) is 40.2 Å². The van der Waals surface area contributed by atoms with Crippen molar-refractivity contribution in [1.82, 2.24) is 0 Å². The molecule has 3 aromatic rings. The summed E-state index contributed by atoms with van der Waals surface area (Å²) in [5.74, 6) is 2.76. The van der Waals surface area contributed by atoms with Gasteiger partial charge in [0.05, 0.1) is 0 Å². The molecular weight excluding hydrogens is 559 g/mol. The number of aromatic nitrogens is 1. The van der Waals surface area contributed by atoms with E-state index in [9.17, 15) is 13.0 Å². The molecule has 0 spiro atoms. The SMILES string of the molecule is CCC(/C=C1\Oc2ccc(OC)cc2N1CC)=C\c1[se]c2cc(OC)c(C)cc2[n+]1CCCS(=O)(=O)[O-]. The van der Waals surface area contributed by atoms with Crippen LogP contribution in [0.1, 0.15) is 36.8 Å². The van der Waals surface area contributed by atoms with Gasteiger partial charge in [0, 0.05) is 0 Å². The molecule has 0 radical (unpaired) electrons. The van der Waals surface area contributed by atoms with Gasteiger partial charge in [0.1, 0.15) is 0 Å². The average Bonchev–Trinajstić information content (AvgIpc) is 3.38. The van der Waals surface area contributed by atoms with E-state index in [-0.39, 0.29) is 26.7 Å². The molecule has 0 bridgehead atoms. The normalized spacial score (nSPS) is 14.8. The van der Waals surface area contributed by atoms with Crippen LogP contribution in [0.25, 0.3) is 15.9 Å². The standard InChI is InChI=1S/C27H32N2O6SSe/c1-6-19(14-26-28(7-2)21-16-20(33-4)9-10-23(21)35-26)15-27-29(11-8-12-36(30,31)32)22-13-18(3)24(34-5)17-25(22)37-27/h9-10,13-17H,6-8,11-12H2,1-5H3. The van der Waals surface area contributed by atoms with Crippen molar-refractivity contribution in [3.8, 4) is 17.2 Å². The first kappa shape index (κ1) is 27.3. The zero-order valence-corrected chi connectivity index (χ0v) is 24.3. The Labute approximate surface area is 224 Å². The summed E-state index contributed by atoms with van der Waals surface area (Å²) < 4.78 is 55.3. The quantitative estimate of drug-likeness (QED) is 0.200. The molecule has 0 fully saturated rings. The van der Waals surface area contributed by atoms with Crippen molar-refractivity contribution >= 4 is 46.2 Å². The van der Waals surface area contributed by atoms with E-state index in [1.165, 1.54) is 4.26 Å².